The van der Waals surface area contributed by atoms with E-state index in [9.17, 15) is 19.5 Å². The number of carboxylic acid groups (broad SMARTS) is 2. The van der Waals surface area contributed by atoms with E-state index in [1.54, 1.807) is 0 Å². The summed E-state index contributed by atoms with van der Waals surface area (Å²) in [5.41, 5.74) is 1.94. The second kappa shape index (κ2) is 11.6. The highest BCUT2D eigenvalue weighted by Crippen LogP contribution is 2.18. The second-order valence-corrected chi connectivity index (χ2v) is 7.16. The number of aliphatic carboxylic acids is 2. The number of amides is 1. The molecule has 2 atom stereocenters. The third-order valence-electron chi connectivity index (χ3n) is 4.73. The first-order valence-electron chi connectivity index (χ1n) is 9.76. The molecule has 0 aliphatic heterocycles. The van der Waals surface area contributed by atoms with Crippen molar-refractivity contribution in [2.24, 2.45) is 5.92 Å². The third-order valence-corrected chi connectivity index (χ3v) is 4.73. The first-order valence-corrected chi connectivity index (χ1v) is 9.76. The molecular weight excluding hydrogens is 370 g/mol. The molecule has 0 aliphatic carbocycles. The van der Waals surface area contributed by atoms with Gasteiger partial charge in [0.2, 0.25) is 5.91 Å². The van der Waals surface area contributed by atoms with Crippen molar-refractivity contribution in [1.82, 2.24) is 5.32 Å². The monoisotopic (exact) mass is 397 g/mol. The Balaban J connectivity index is 2.06. The van der Waals surface area contributed by atoms with Crippen LogP contribution in [0.15, 0.2) is 60.7 Å². The lowest BCUT2D eigenvalue weighted by Crippen LogP contribution is -2.39. The Morgan fingerprint density at radius 2 is 1.34 bits per heavy atom. The fourth-order valence-corrected chi connectivity index (χ4v) is 3.31. The lowest BCUT2D eigenvalue weighted by atomic mass is 9.90. The Bertz CT molecular complexity index is 791. The minimum absolute atomic E-state index is 0.0669. The number of rotatable bonds is 12. The molecule has 2 rings (SSSR count). The largest absolute Gasteiger partial charge is 0.481 e. The van der Waals surface area contributed by atoms with E-state index in [2.05, 4.69) is 5.32 Å². The molecule has 6 heteroatoms. The Morgan fingerprint density at radius 1 is 0.793 bits per heavy atom. The summed E-state index contributed by atoms with van der Waals surface area (Å²) in [4.78, 5) is 34.8. The maximum atomic E-state index is 12.3. The van der Waals surface area contributed by atoms with Gasteiger partial charge in [0, 0.05) is 18.9 Å². The van der Waals surface area contributed by atoms with E-state index in [4.69, 9.17) is 5.11 Å². The van der Waals surface area contributed by atoms with Crippen molar-refractivity contribution in [2.45, 2.75) is 44.6 Å². The van der Waals surface area contributed by atoms with Crippen molar-refractivity contribution in [3.63, 3.8) is 0 Å². The summed E-state index contributed by atoms with van der Waals surface area (Å²) >= 11 is 0. The van der Waals surface area contributed by atoms with E-state index in [-0.39, 0.29) is 31.2 Å². The molecule has 2 aromatic rings. The van der Waals surface area contributed by atoms with Crippen LogP contribution in [0.25, 0.3) is 0 Å². The van der Waals surface area contributed by atoms with Crippen molar-refractivity contribution in [3.8, 4) is 0 Å². The van der Waals surface area contributed by atoms with Crippen LogP contribution < -0.4 is 5.32 Å². The van der Waals surface area contributed by atoms with E-state index in [1.165, 1.54) is 0 Å². The first-order chi connectivity index (χ1) is 13.9. The fraction of sp³-hybridized carbons (Fsp3) is 0.348. The number of carboxylic acids is 2. The van der Waals surface area contributed by atoms with Crippen LogP contribution in [0.2, 0.25) is 0 Å². The van der Waals surface area contributed by atoms with Crippen molar-refractivity contribution < 1.29 is 24.6 Å². The predicted octanol–water partition coefficient (Wildman–Crippen LogP) is 3.30. The molecule has 0 heterocycles. The van der Waals surface area contributed by atoms with Gasteiger partial charge in [-0.2, -0.15) is 0 Å². The molecule has 0 aromatic heterocycles. The second-order valence-electron chi connectivity index (χ2n) is 7.16. The summed E-state index contributed by atoms with van der Waals surface area (Å²) in [6, 6.07) is 18.7. The van der Waals surface area contributed by atoms with Crippen molar-refractivity contribution in [1.29, 1.82) is 0 Å². The van der Waals surface area contributed by atoms with Gasteiger partial charge in [0.15, 0.2) is 0 Å². The van der Waals surface area contributed by atoms with Crippen LogP contribution in [0, 0.1) is 5.92 Å². The standard InChI is InChI=1S/C23H27NO5/c25-21(12-7-13-22(26)27)24-20(15-18-10-5-2-6-11-18)16-19(23(28)29)14-17-8-3-1-4-9-17/h1-6,8-11,19-20H,7,12-16H2,(H,24,25)(H,26,27)(H,28,29)/t19-,20+/m1/s1. The molecule has 154 valence electrons. The van der Waals surface area contributed by atoms with Gasteiger partial charge in [-0.25, -0.2) is 0 Å². The zero-order valence-corrected chi connectivity index (χ0v) is 16.3. The Hall–Kier alpha value is -3.15. The van der Waals surface area contributed by atoms with E-state index in [1.807, 2.05) is 60.7 Å². The maximum absolute atomic E-state index is 12.3. The summed E-state index contributed by atoms with van der Waals surface area (Å²) in [5.74, 6) is -2.72. The van der Waals surface area contributed by atoms with Gasteiger partial charge < -0.3 is 15.5 Å². The molecular formula is C23H27NO5. The number of carbonyl (C=O) groups is 3. The van der Waals surface area contributed by atoms with Crippen LogP contribution in [0.3, 0.4) is 0 Å². The van der Waals surface area contributed by atoms with Crippen molar-refractivity contribution >= 4 is 17.8 Å². The molecule has 0 bridgehead atoms. The molecule has 0 spiro atoms. The Labute approximate surface area is 170 Å². The average molecular weight is 397 g/mol. The maximum Gasteiger partial charge on any atom is 0.306 e. The molecule has 3 N–H and O–H groups in total. The normalized spacial score (nSPS) is 12.7. The van der Waals surface area contributed by atoms with Gasteiger partial charge in [-0.15, -0.1) is 0 Å². The van der Waals surface area contributed by atoms with Crippen LogP contribution >= 0.6 is 0 Å². The molecule has 0 aliphatic rings. The SMILES string of the molecule is O=C(O)CCCC(=O)N[C@@H](Cc1ccccc1)C[C@@H](Cc1ccccc1)C(=O)O. The van der Waals surface area contributed by atoms with Crippen LogP contribution in [0.5, 0.6) is 0 Å². The zero-order chi connectivity index (χ0) is 21.1. The average Bonchev–Trinajstić information content (AvgIpc) is 2.68. The quantitative estimate of drug-likeness (QED) is 0.510. The molecule has 0 saturated heterocycles. The van der Waals surface area contributed by atoms with E-state index in [0.29, 0.717) is 19.3 Å². The third kappa shape index (κ3) is 8.60. The van der Waals surface area contributed by atoms with Crippen molar-refractivity contribution in [3.05, 3.63) is 71.8 Å². The Morgan fingerprint density at radius 3 is 1.86 bits per heavy atom. The molecule has 0 unspecified atom stereocenters. The summed E-state index contributed by atoms with van der Waals surface area (Å²) in [5, 5.41) is 21.3. The highest BCUT2D eigenvalue weighted by molar-refractivity contribution is 5.77. The van der Waals surface area contributed by atoms with Gasteiger partial charge in [-0.3, -0.25) is 14.4 Å². The van der Waals surface area contributed by atoms with Crippen LogP contribution in [-0.2, 0) is 27.2 Å². The minimum atomic E-state index is -0.938. The molecule has 0 saturated carbocycles. The summed E-state index contributed by atoms with van der Waals surface area (Å²) in [6.07, 6.45) is 1.49. The first kappa shape index (κ1) is 22.1. The molecule has 0 radical (unpaired) electrons. The minimum Gasteiger partial charge on any atom is -0.481 e. The van der Waals surface area contributed by atoms with Crippen LogP contribution in [-0.4, -0.2) is 34.1 Å². The summed E-state index contributed by atoms with van der Waals surface area (Å²) < 4.78 is 0. The lowest BCUT2D eigenvalue weighted by molar-refractivity contribution is -0.142. The fourth-order valence-electron chi connectivity index (χ4n) is 3.31. The smallest absolute Gasteiger partial charge is 0.306 e. The molecule has 2 aromatic carbocycles. The molecule has 6 nitrogen and oxygen atoms in total. The van der Waals surface area contributed by atoms with Gasteiger partial charge in [0.1, 0.15) is 0 Å². The Kier molecular flexibility index (Phi) is 8.89. The lowest BCUT2D eigenvalue weighted by Gasteiger charge is -2.23. The molecule has 1 amide bonds. The number of carbonyl (C=O) groups excluding carboxylic acids is 1. The number of hydrogen-bond acceptors (Lipinski definition) is 3. The highest BCUT2D eigenvalue weighted by atomic mass is 16.4. The highest BCUT2D eigenvalue weighted by Gasteiger charge is 2.24. The molecule has 0 fully saturated rings. The predicted molar refractivity (Wildman–Crippen MR) is 109 cm³/mol. The van der Waals surface area contributed by atoms with E-state index in [0.717, 1.165) is 11.1 Å². The zero-order valence-electron chi connectivity index (χ0n) is 16.3. The van der Waals surface area contributed by atoms with Gasteiger partial charge in [0.05, 0.1) is 5.92 Å². The number of hydrogen-bond donors (Lipinski definition) is 3. The number of nitrogens with one attached hydrogen (secondary N) is 1. The van der Waals surface area contributed by atoms with Gasteiger partial charge in [-0.1, -0.05) is 60.7 Å². The van der Waals surface area contributed by atoms with Crippen molar-refractivity contribution in [2.75, 3.05) is 0 Å². The van der Waals surface area contributed by atoms with Crippen LogP contribution in [0.1, 0.15) is 36.8 Å². The van der Waals surface area contributed by atoms with Gasteiger partial charge >= 0.3 is 11.9 Å². The van der Waals surface area contributed by atoms with Crippen LogP contribution in [0.4, 0.5) is 0 Å². The van der Waals surface area contributed by atoms with Gasteiger partial charge in [0.25, 0.3) is 0 Å². The van der Waals surface area contributed by atoms with E-state index >= 15 is 0 Å². The topological polar surface area (TPSA) is 104 Å². The van der Waals surface area contributed by atoms with Gasteiger partial charge in [-0.05, 0) is 36.8 Å². The number of benzene rings is 2. The van der Waals surface area contributed by atoms with E-state index < -0.39 is 17.9 Å². The summed E-state index contributed by atoms with van der Waals surface area (Å²) in [7, 11) is 0. The molecule has 29 heavy (non-hydrogen) atoms. The summed E-state index contributed by atoms with van der Waals surface area (Å²) in [6.45, 7) is 0.